The summed E-state index contributed by atoms with van der Waals surface area (Å²) in [6.45, 7) is 4.92. The van der Waals surface area contributed by atoms with Gasteiger partial charge in [-0.25, -0.2) is 0 Å². The van der Waals surface area contributed by atoms with Crippen LogP contribution in [0.3, 0.4) is 0 Å². The highest BCUT2D eigenvalue weighted by Crippen LogP contribution is 2.28. The van der Waals surface area contributed by atoms with Gasteiger partial charge in [-0.15, -0.1) is 5.10 Å². The third kappa shape index (κ3) is 4.86. The van der Waals surface area contributed by atoms with Crippen molar-refractivity contribution in [2.45, 2.75) is 26.4 Å². The van der Waals surface area contributed by atoms with Gasteiger partial charge in [0.15, 0.2) is 5.82 Å². The number of anilines is 3. The van der Waals surface area contributed by atoms with Crippen molar-refractivity contribution in [3.63, 3.8) is 0 Å². The highest BCUT2D eigenvalue weighted by Gasteiger charge is 2.15. The lowest BCUT2D eigenvalue weighted by molar-refractivity contribution is 0.415. The number of halogens is 1. The van der Waals surface area contributed by atoms with Gasteiger partial charge in [-0.2, -0.15) is 10.1 Å². The van der Waals surface area contributed by atoms with Crippen LogP contribution < -0.4 is 15.0 Å². The smallest absolute Gasteiger partial charge is 0.247 e. The maximum absolute atomic E-state index is 6.19. The van der Waals surface area contributed by atoms with Crippen molar-refractivity contribution in [3.05, 3.63) is 65.3 Å². The fourth-order valence-corrected chi connectivity index (χ4v) is 2.89. The van der Waals surface area contributed by atoms with Crippen LogP contribution in [-0.4, -0.2) is 28.3 Å². The number of nitrogens with one attached hydrogen (secondary N) is 1. The number of benzene rings is 2. The van der Waals surface area contributed by atoms with Gasteiger partial charge < -0.3 is 15.0 Å². The maximum Gasteiger partial charge on any atom is 0.247 e. The predicted molar refractivity (Wildman–Crippen MR) is 109 cm³/mol. The van der Waals surface area contributed by atoms with Gasteiger partial charge in [0.25, 0.3) is 0 Å². The van der Waals surface area contributed by atoms with Gasteiger partial charge in [0, 0.05) is 18.3 Å². The molecular formula is C20H22ClN5O. The van der Waals surface area contributed by atoms with Crippen LogP contribution in [0, 0.1) is 0 Å². The summed E-state index contributed by atoms with van der Waals surface area (Å²) < 4.78 is 5.18. The first-order chi connectivity index (χ1) is 13.1. The van der Waals surface area contributed by atoms with Gasteiger partial charge >= 0.3 is 0 Å². The average molecular weight is 384 g/mol. The van der Waals surface area contributed by atoms with Crippen LogP contribution >= 0.6 is 11.6 Å². The second-order valence-corrected chi connectivity index (χ2v) is 6.73. The molecule has 1 heterocycles. The van der Waals surface area contributed by atoms with Crippen molar-refractivity contribution in [2.24, 2.45) is 0 Å². The van der Waals surface area contributed by atoms with Crippen molar-refractivity contribution in [2.75, 3.05) is 17.3 Å². The molecule has 0 atom stereocenters. The van der Waals surface area contributed by atoms with Crippen molar-refractivity contribution in [1.82, 2.24) is 15.2 Å². The summed E-state index contributed by atoms with van der Waals surface area (Å²) >= 11 is 6.19. The molecule has 7 heteroatoms. The van der Waals surface area contributed by atoms with E-state index in [0.717, 1.165) is 5.69 Å². The largest absolute Gasteiger partial charge is 0.495 e. The molecule has 0 bridgehead atoms. The topological polar surface area (TPSA) is 63.2 Å². The molecular weight excluding hydrogens is 362 g/mol. The number of aromatic nitrogens is 3. The molecule has 6 nitrogen and oxygen atoms in total. The van der Waals surface area contributed by atoms with Crippen LogP contribution in [0.5, 0.6) is 5.75 Å². The van der Waals surface area contributed by atoms with E-state index in [4.69, 9.17) is 16.3 Å². The van der Waals surface area contributed by atoms with E-state index in [0.29, 0.717) is 29.1 Å². The third-order valence-corrected chi connectivity index (χ3v) is 4.34. The SMILES string of the molecule is COc1ccc(Nc2cnnc(N(Cc3ccccc3)C(C)C)n2)cc1Cl. The number of hydrogen-bond donors (Lipinski definition) is 1. The van der Waals surface area contributed by atoms with E-state index < -0.39 is 0 Å². The van der Waals surface area contributed by atoms with E-state index in [9.17, 15) is 0 Å². The lowest BCUT2D eigenvalue weighted by Gasteiger charge is -2.26. The van der Waals surface area contributed by atoms with E-state index in [2.05, 4.69) is 51.4 Å². The van der Waals surface area contributed by atoms with Gasteiger partial charge in [-0.1, -0.05) is 41.9 Å². The molecule has 0 aliphatic rings. The Labute approximate surface area is 164 Å². The zero-order chi connectivity index (χ0) is 19.2. The summed E-state index contributed by atoms with van der Waals surface area (Å²) in [6.07, 6.45) is 1.59. The zero-order valence-corrected chi connectivity index (χ0v) is 16.3. The van der Waals surface area contributed by atoms with E-state index >= 15 is 0 Å². The molecule has 0 amide bonds. The number of rotatable bonds is 7. The van der Waals surface area contributed by atoms with Crippen LogP contribution in [-0.2, 0) is 6.54 Å². The molecule has 0 aliphatic heterocycles. The van der Waals surface area contributed by atoms with Crippen molar-refractivity contribution < 1.29 is 4.74 Å². The lowest BCUT2D eigenvalue weighted by atomic mass is 10.2. The summed E-state index contributed by atoms with van der Waals surface area (Å²) in [6, 6.07) is 15.9. The molecule has 3 rings (SSSR count). The summed E-state index contributed by atoms with van der Waals surface area (Å²) in [5, 5.41) is 12.1. The highest BCUT2D eigenvalue weighted by atomic mass is 35.5. The van der Waals surface area contributed by atoms with E-state index in [1.165, 1.54) is 5.56 Å². The number of hydrogen-bond acceptors (Lipinski definition) is 6. The normalized spacial score (nSPS) is 10.7. The van der Waals surface area contributed by atoms with Crippen LogP contribution in [0.2, 0.25) is 5.02 Å². The number of methoxy groups -OCH3 is 1. The summed E-state index contributed by atoms with van der Waals surface area (Å²) in [4.78, 5) is 6.73. The molecule has 3 aromatic rings. The average Bonchev–Trinajstić information content (AvgIpc) is 2.67. The van der Waals surface area contributed by atoms with Crippen molar-refractivity contribution >= 4 is 29.1 Å². The van der Waals surface area contributed by atoms with E-state index in [1.54, 1.807) is 25.4 Å². The molecule has 0 saturated carbocycles. The first kappa shape index (κ1) is 18.9. The van der Waals surface area contributed by atoms with Gasteiger partial charge in [0.05, 0.1) is 18.3 Å². The number of ether oxygens (including phenoxy) is 1. The summed E-state index contributed by atoms with van der Waals surface area (Å²) in [7, 11) is 1.59. The van der Waals surface area contributed by atoms with Crippen LogP contribution in [0.25, 0.3) is 0 Å². The Balaban J connectivity index is 1.81. The quantitative estimate of drug-likeness (QED) is 0.638. The standard InChI is InChI=1S/C20H22ClN5O/c1-14(2)26(13-15-7-5-4-6-8-15)20-24-19(12-22-25-20)23-16-9-10-18(27-3)17(21)11-16/h4-12,14H,13H2,1-3H3,(H,23,24,25). The second kappa shape index (κ2) is 8.68. The Morgan fingerprint density at radius 3 is 2.59 bits per heavy atom. The second-order valence-electron chi connectivity index (χ2n) is 6.32. The fourth-order valence-electron chi connectivity index (χ4n) is 2.63. The number of nitrogens with zero attached hydrogens (tertiary/aromatic N) is 4. The monoisotopic (exact) mass is 383 g/mol. The Hall–Kier alpha value is -2.86. The molecule has 0 fully saturated rings. The molecule has 0 spiro atoms. The van der Waals surface area contributed by atoms with Gasteiger partial charge in [0.1, 0.15) is 5.75 Å². The molecule has 0 unspecified atom stereocenters. The first-order valence-electron chi connectivity index (χ1n) is 8.67. The Kier molecular flexibility index (Phi) is 6.08. The minimum atomic E-state index is 0.220. The minimum Gasteiger partial charge on any atom is -0.495 e. The predicted octanol–water partition coefficient (Wildman–Crippen LogP) is 4.69. The summed E-state index contributed by atoms with van der Waals surface area (Å²) in [5.74, 6) is 1.79. The van der Waals surface area contributed by atoms with Gasteiger partial charge in [-0.3, -0.25) is 0 Å². The van der Waals surface area contributed by atoms with Gasteiger partial charge in [-0.05, 0) is 37.6 Å². The first-order valence-corrected chi connectivity index (χ1v) is 9.05. The molecule has 0 saturated heterocycles. The molecule has 2 aromatic carbocycles. The van der Waals surface area contributed by atoms with Gasteiger partial charge in [0.2, 0.25) is 5.95 Å². The molecule has 1 N–H and O–H groups in total. The van der Waals surface area contributed by atoms with Crippen molar-refractivity contribution in [3.8, 4) is 5.75 Å². The highest BCUT2D eigenvalue weighted by molar-refractivity contribution is 6.32. The zero-order valence-electron chi connectivity index (χ0n) is 15.6. The molecule has 1 aromatic heterocycles. The maximum atomic E-state index is 6.19. The van der Waals surface area contributed by atoms with Crippen LogP contribution in [0.15, 0.2) is 54.7 Å². The Morgan fingerprint density at radius 1 is 1.15 bits per heavy atom. The summed E-state index contributed by atoms with van der Waals surface area (Å²) in [5.41, 5.74) is 1.99. The fraction of sp³-hybridized carbons (Fsp3) is 0.250. The van der Waals surface area contributed by atoms with Crippen LogP contribution in [0.1, 0.15) is 19.4 Å². The molecule has 27 heavy (non-hydrogen) atoms. The van der Waals surface area contributed by atoms with Crippen molar-refractivity contribution in [1.29, 1.82) is 0 Å². The Bertz CT molecular complexity index is 889. The molecule has 140 valence electrons. The van der Waals surface area contributed by atoms with Crippen LogP contribution in [0.4, 0.5) is 17.5 Å². The molecule has 0 radical (unpaired) electrons. The Morgan fingerprint density at radius 2 is 1.93 bits per heavy atom. The van der Waals surface area contributed by atoms with E-state index in [-0.39, 0.29) is 6.04 Å². The molecule has 0 aliphatic carbocycles. The third-order valence-electron chi connectivity index (χ3n) is 4.05. The lowest BCUT2D eigenvalue weighted by Crippen LogP contribution is -2.32. The van der Waals surface area contributed by atoms with E-state index in [1.807, 2.05) is 24.3 Å². The minimum absolute atomic E-state index is 0.220.